The van der Waals surface area contributed by atoms with Crippen molar-refractivity contribution in [1.29, 1.82) is 0 Å². The van der Waals surface area contributed by atoms with Crippen LogP contribution in [0.4, 0.5) is 0 Å². The minimum Gasteiger partial charge on any atom is -0.246 e. The maximum atomic E-state index is 5.45. The summed E-state index contributed by atoms with van der Waals surface area (Å²) in [5.41, 5.74) is 8.08. The van der Waals surface area contributed by atoms with E-state index >= 15 is 0 Å². The van der Waals surface area contributed by atoms with Gasteiger partial charge in [0.1, 0.15) is 0 Å². The maximum Gasteiger partial charge on any atom is 0.0800 e. The normalized spacial score (nSPS) is 11.8. The second kappa shape index (κ2) is 10.6. The molecule has 1 aromatic heterocycles. The van der Waals surface area contributed by atoms with E-state index in [1.165, 1.54) is 81.5 Å². The lowest BCUT2D eigenvalue weighted by atomic mass is 9.92. The quantitative estimate of drug-likeness (QED) is 0.182. The molecule has 0 aliphatic rings. The number of hydrogen-bond acceptors (Lipinski definition) is 1. The van der Waals surface area contributed by atoms with Crippen molar-refractivity contribution in [1.82, 2.24) is 4.98 Å². The van der Waals surface area contributed by atoms with Crippen LogP contribution in [0.25, 0.3) is 98.3 Å². The SMILES string of the molecule is c1ccc2cc(-c3ccc4cc(-c5ccc(-c6nc7c8ccccc8c8ccccc8c7c7ccccc67)cc5)ccc4c3)ccc2c1. The number of nitrogens with zero attached hydrogens (tertiary/aromatic N) is 1. The summed E-state index contributed by atoms with van der Waals surface area (Å²) in [5, 5.41) is 13.6. The molecule has 0 fully saturated rings. The van der Waals surface area contributed by atoms with Crippen LogP contribution in [-0.2, 0) is 0 Å². The first-order valence-electron chi connectivity index (χ1n) is 16.5. The summed E-state index contributed by atoms with van der Waals surface area (Å²) in [6.45, 7) is 0. The largest absolute Gasteiger partial charge is 0.246 e. The third-order valence-corrected chi connectivity index (χ3v) is 10.00. The van der Waals surface area contributed by atoms with Crippen molar-refractivity contribution >= 4 is 64.8 Å². The van der Waals surface area contributed by atoms with E-state index in [-0.39, 0.29) is 0 Å². The van der Waals surface area contributed by atoms with E-state index in [9.17, 15) is 0 Å². The summed E-state index contributed by atoms with van der Waals surface area (Å²) < 4.78 is 0. The van der Waals surface area contributed by atoms with Crippen molar-refractivity contribution in [2.75, 3.05) is 0 Å². The van der Waals surface area contributed by atoms with Crippen LogP contribution >= 0.6 is 0 Å². The molecule has 0 saturated heterocycles. The van der Waals surface area contributed by atoms with Gasteiger partial charge in [0.15, 0.2) is 0 Å². The highest BCUT2D eigenvalue weighted by Gasteiger charge is 2.16. The van der Waals surface area contributed by atoms with E-state index in [2.05, 4.69) is 176 Å². The number of fused-ring (bicyclic) bond motifs is 10. The summed E-state index contributed by atoms with van der Waals surface area (Å²) in [6, 6.07) is 63.9. The first kappa shape index (κ1) is 26.9. The molecule has 0 bridgehead atoms. The molecule has 0 atom stereocenters. The Bertz CT molecular complexity index is 2880. The molecule has 0 aliphatic carbocycles. The number of benzene rings is 9. The third-order valence-electron chi connectivity index (χ3n) is 10.00. The van der Waals surface area contributed by atoms with Crippen LogP contribution in [0.5, 0.6) is 0 Å². The molecule has 10 aromatic rings. The van der Waals surface area contributed by atoms with Crippen molar-refractivity contribution in [2.24, 2.45) is 0 Å². The molecule has 0 N–H and O–H groups in total. The molecule has 1 heterocycles. The fourth-order valence-corrected chi connectivity index (χ4v) is 7.61. The molecule has 10 rings (SSSR count). The van der Waals surface area contributed by atoms with Gasteiger partial charge in [-0.3, -0.25) is 0 Å². The van der Waals surface area contributed by atoms with Gasteiger partial charge in [-0.1, -0.05) is 158 Å². The lowest BCUT2D eigenvalue weighted by Crippen LogP contribution is -1.92. The Morgan fingerprint density at radius 3 is 1.31 bits per heavy atom. The molecule has 0 radical (unpaired) electrons. The first-order valence-corrected chi connectivity index (χ1v) is 16.5. The average Bonchev–Trinajstić information content (AvgIpc) is 3.17. The Kier molecular flexibility index (Phi) is 5.94. The smallest absolute Gasteiger partial charge is 0.0800 e. The molecular weight excluding hydrogens is 579 g/mol. The van der Waals surface area contributed by atoms with Gasteiger partial charge in [0.25, 0.3) is 0 Å². The van der Waals surface area contributed by atoms with E-state index in [0.717, 1.165) is 16.8 Å². The molecule has 0 spiro atoms. The zero-order chi connectivity index (χ0) is 31.6. The predicted molar refractivity (Wildman–Crippen MR) is 206 cm³/mol. The average molecular weight is 608 g/mol. The summed E-state index contributed by atoms with van der Waals surface area (Å²) >= 11 is 0. The Morgan fingerprint density at radius 2 is 0.667 bits per heavy atom. The van der Waals surface area contributed by atoms with Crippen molar-refractivity contribution in [3.05, 3.63) is 176 Å². The Hall–Kier alpha value is -6.31. The fourth-order valence-electron chi connectivity index (χ4n) is 7.61. The van der Waals surface area contributed by atoms with Crippen molar-refractivity contribution < 1.29 is 0 Å². The van der Waals surface area contributed by atoms with Crippen molar-refractivity contribution in [3.8, 4) is 33.5 Å². The van der Waals surface area contributed by atoms with Gasteiger partial charge in [0.2, 0.25) is 0 Å². The van der Waals surface area contributed by atoms with Crippen molar-refractivity contribution in [2.45, 2.75) is 0 Å². The van der Waals surface area contributed by atoms with Crippen LogP contribution in [0.3, 0.4) is 0 Å². The molecule has 0 saturated carbocycles. The monoisotopic (exact) mass is 607 g/mol. The number of aromatic nitrogens is 1. The number of pyridine rings is 1. The van der Waals surface area contributed by atoms with Gasteiger partial charge in [-0.05, 0) is 83.5 Å². The van der Waals surface area contributed by atoms with Crippen molar-refractivity contribution in [3.63, 3.8) is 0 Å². The standard InChI is InChI=1S/C47H29N/c1-2-10-33-27-35(22-19-30(33)9-1)38-26-25-36-28-34(23-24-37(36)29-38)31-17-20-32(21-18-31)46-44-16-8-6-14-42(44)45-41-13-5-3-11-39(41)40-12-4-7-15-43(40)47(45)48-46/h1-29H. The van der Waals surface area contributed by atoms with E-state index < -0.39 is 0 Å². The Balaban J connectivity index is 1.06. The molecule has 0 aliphatic heterocycles. The van der Waals surface area contributed by atoms with Crippen LogP contribution in [0, 0.1) is 0 Å². The highest BCUT2D eigenvalue weighted by atomic mass is 14.7. The van der Waals surface area contributed by atoms with E-state index in [0.29, 0.717) is 0 Å². The van der Waals surface area contributed by atoms with E-state index in [1.807, 2.05) is 0 Å². The minimum absolute atomic E-state index is 1.02. The molecule has 0 amide bonds. The highest BCUT2D eigenvalue weighted by Crippen LogP contribution is 2.41. The molecule has 48 heavy (non-hydrogen) atoms. The lowest BCUT2D eigenvalue weighted by Gasteiger charge is -2.15. The van der Waals surface area contributed by atoms with Crippen LogP contribution in [0.1, 0.15) is 0 Å². The molecule has 1 nitrogen and oxygen atoms in total. The molecule has 9 aromatic carbocycles. The summed E-state index contributed by atoms with van der Waals surface area (Å²) in [5.74, 6) is 0. The highest BCUT2D eigenvalue weighted by molar-refractivity contribution is 6.31. The van der Waals surface area contributed by atoms with Gasteiger partial charge < -0.3 is 0 Å². The maximum absolute atomic E-state index is 5.45. The molecular formula is C47H29N. The fraction of sp³-hybridized carbons (Fsp3) is 0. The zero-order valence-electron chi connectivity index (χ0n) is 26.2. The third kappa shape index (κ3) is 4.22. The van der Waals surface area contributed by atoms with Gasteiger partial charge in [-0.25, -0.2) is 4.98 Å². The van der Waals surface area contributed by atoms with Gasteiger partial charge in [-0.2, -0.15) is 0 Å². The Morgan fingerprint density at radius 1 is 0.271 bits per heavy atom. The summed E-state index contributed by atoms with van der Waals surface area (Å²) in [4.78, 5) is 5.45. The van der Waals surface area contributed by atoms with E-state index in [1.54, 1.807) is 0 Å². The predicted octanol–water partition coefficient (Wildman–Crippen LogP) is 13.0. The van der Waals surface area contributed by atoms with Crippen LogP contribution < -0.4 is 0 Å². The van der Waals surface area contributed by atoms with Gasteiger partial charge in [0, 0.05) is 21.7 Å². The minimum atomic E-state index is 1.02. The van der Waals surface area contributed by atoms with Gasteiger partial charge >= 0.3 is 0 Å². The summed E-state index contributed by atoms with van der Waals surface area (Å²) in [6.07, 6.45) is 0. The topological polar surface area (TPSA) is 12.9 Å². The second-order valence-electron chi connectivity index (χ2n) is 12.7. The molecule has 0 unspecified atom stereocenters. The van der Waals surface area contributed by atoms with Gasteiger partial charge in [-0.15, -0.1) is 0 Å². The number of hydrogen-bond donors (Lipinski definition) is 0. The second-order valence-corrected chi connectivity index (χ2v) is 12.7. The molecule has 1 heteroatoms. The van der Waals surface area contributed by atoms with Gasteiger partial charge in [0.05, 0.1) is 11.2 Å². The number of rotatable bonds is 3. The zero-order valence-corrected chi connectivity index (χ0v) is 26.2. The lowest BCUT2D eigenvalue weighted by molar-refractivity contribution is 1.44. The Labute approximate surface area is 278 Å². The van der Waals surface area contributed by atoms with Crippen LogP contribution in [0.15, 0.2) is 176 Å². The molecule has 222 valence electrons. The summed E-state index contributed by atoms with van der Waals surface area (Å²) in [7, 11) is 0. The first-order chi connectivity index (χ1) is 23.8. The van der Waals surface area contributed by atoms with E-state index in [4.69, 9.17) is 4.98 Å². The van der Waals surface area contributed by atoms with Crippen LogP contribution in [0.2, 0.25) is 0 Å². The van der Waals surface area contributed by atoms with Crippen LogP contribution in [-0.4, -0.2) is 4.98 Å².